The molecule has 0 bridgehead atoms. The van der Waals surface area contributed by atoms with Crippen molar-refractivity contribution in [2.24, 2.45) is 0 Å². The molecule has 0 radical (unpaired) electrons. The van der Waals surface area contributed by atoms with Gasteiger partial charge in [0.25, 0.3) is 5.91 Å². The van der Waals surface area contributed by atoms with Crippen LogP contribution in [-0.4, -0.2) is 31.0 Å². The van der Waals surface area contributed by atoms with Gasteiger partial charge >= 0.3 is 0 Å². The van der Waals surface area contributed by atoms with E-state index >= 15 is 0 Å². The number of hydrogen-bond acceptors (Lipinski definition) is 3. The number of carbonyl (C=O) groups excluding carboxylic acids is 2. The van der Waals surface area contributed by atoms with Crippen molar-refractivity contribution in [1.82, 2.24) is 10.6 Å². The minimum absolute atomic E-state index is 0.0164. The normalized spacial score (nSPS) is 15.9. The third-order valence-electron chi connectivity index (χ3n) is 4.31. The largest absolute Gasteiger partial charge is 0.494 e. The second-order valence-corrected chi connectivity index (χ2v) is 6.25. The Hall–Kier alpha value is -2.04. The second-order valence-electron chi connectivity index (χ2n) is 6.25. The molecule has 0 aliphatic heterocycles. The molecule has 0 heterocycles. The molecule has 24 heavy (non-hydrogen) atoms. The van der Waals surface area contributed by atoms with Gasteiger partial charge in [-0.3, -0.25) is 9.59 Å². The van der Waals surface area contributed by atoms with Crippen LogP contribution in [0.25, 0.3) is 0 Å². The van der Waals surface area contributed by atoms with Crippen LogP contribution < -0.4 is 15.4 Å². The van der Waals surface area contributed by atoms with Crippen LogP contribution in [0.2, 0.25) is 0 Å². The van der Waals surface area contributed by atoms with Crippen LogP contribution in [0, 0.1) is 0 Å². The van der Waals surface area contributed by atoms with Crippen LogP contribution in [0.3, 0.4) is 0 Å². The second kappa shape index (κ2) is 9.96. The predicted octanol–water partition coefficient (Wildman–Crippen LogP) is 3.04. The summed E-state index contributed by atoms with van der Waals surface area (Å²) in [7, 11) is 0. The molecular formula is C19H28N2O3. The quantitative estimate of drug-likeness (QED) is 0.841. The molecule has 0 saturated heterocycles. The molecule has 1 aliphatic rings. The lowest BCUT2D eigenvalue weighted by molar-refractivity contribution is -0.120. The van der Waals surface area contributed by atoms with Gasteiger partial charge in [0.1, 0.15) is 5.75 Å². The fraction of sp³-hybridized carbons (Fsp3) is 0.579. The summed E-state index contributed by atoms with van der Waals surface area (Å²) in [5.41, 5.74) is 0.525. The van der Waals surface area contributed by atoms with Crippen molar-refractivity contribution < 1.29 is 14.3 Å². The number of benzene rings is 1. The van der Waals surface area contributed by atoms with E-state index in [0.29, 0.717) is 12.2 Å². The highest BCUT2D eigenvalue weighted by Crippen LogP contribution is 2.17. The van der Waals surface area contributed by atoms with Gasteiger partial charge in [-0.2, -0.15) is 0 Å². The van der Waals surface area contributed by atoms with Gasteiger partial charge < -0.3 is 15.4 Å². The molecule has 0 unspecified atom stereocenters. The van der Waals surface area contributed by atoms with Crippen molar-refractivity contribution in [1.29, 1.82) is 0 Å². The molecular weight excluding hydrogens is 304 g/mol. The zero-order valence-electron chi connectivity index (χ0n) is 14.5. The number of amides is 2. The maximum Gasteiger partial charge on any atom is 0.251 e. The standard InChI is InChI=1S/C19H28N2O3/c1-2-24-17-12-10-15(11-13-17)19(23)20-14-18(22)21-16-8-6-4-3-5-7-9-16/h10-13,16H,2-9,14H2,1H3,(H,20,23)(H,21,22). The van der Waals surface area contributed by atoms with E-state index in [2.05, 4.69) is 10.6 Å². The Bertz CT molecular complexity index is 520. The Labute approximate surface area is 144 Å². The molecule has 0 atom stereocenters. The van der Waals surface area contributed by atoms with Crippen molar-refractivity contribution >= 4 is 11.8 Å². The van der Waals surface area contributed by atoms with E-state index in [-0.39, 0.29) is 24.4 Å². The van der Waals surface area contributed by atoms with Gasteiger partial charge in [0, 0.05) is 11.6 Å². The van der Waals surface area contributed by atoms with Crippen LogP contribution in [0.4, 0.5) is 0 Å². The molecule has 1 saturated carbocycles. The third kappa shape index (κ3) is 6.22. The highest BCUT2D eigenvalue weighted by Gasteiger charge is 2.15. The first-order chi connectivity index (χ1) is 11.7. The number of hydrogen-bond donors (Lipinski definition) is 2. The van der Waals surface area contributed by atoms with Crippen LogP contribution >= 0.6 is 0 Å². The Morgan fingerprint density at radius 3 is 2.29 bits per heavy atom. The van der Waals surface area contributed by atoms with Crippen LogP contribution in [0.1, 0.15) is 62.2 Å². The third-order valence-corrected chi connectivity index (χ3v) is 4.31. The summed E-state index contributed by atoms with van der Waals surface area (Å²) in [6.07, 6.45) is 8.23. The highest BCUT2D eigenvalue weighted by atomic mass is 16.5. The fourth-order valence-electron chi connectivity index (χ4n) is 3.01. The smallest absolute Gasteiger partial charge is 0.251 e. The summed E-state index contributed by atoms with van der Waals surface area (Å²) < 4.78 is 5.35. The average molecular weight is 332 g/mol. The van der Waals surface area contributed by atoms with Gasteiger partial charge in [-0.1, -0.05) is 32.1 Å². The topological polar surface area (TPSA) is 67.4 Å². The summed E-state index contributed by atoms with van der Waals surface area (Å²) in [4.78, 5) is 24.1. The first-order valence-corrected chi connectivity index (χ1v) is 8.99. The summed E-state index contributed by atoms with van der Waals surface area (Å²) in [6.45, 7) is 2.52. The van der Waals surface area contributed by atoms with Crippen LogP contribution in [-0.2, 0) is 4.79 Å². The van der Waals surface area contributed by atoms with E-state index < -0.39 is 0 Å². The summed E-state index contributed by atoms with van der Waals surface area (Å²) in [6, 6.07) is 7.17. The number of rotatable bonds is 6. The first kappa shape index (κ1) is 18.3. The van der Waals surface area contributed by atoms with Gasteiger partial charge in [-0.05, 0) is 44.0 Å². The zero-order chi connectivity index (χ0) is 17.2. The molecule has 5 nitrogen and oxygen atoms in total. The lowest BCUT2D eigenvalue weighted by Gasteiger charge is -2.21. The van der Waals surface area contributed by atoms with Crippen molar-refractivity contribution in [3.05, 3.63) is 29.8 Å². The lowest BCUT2D eigenvalue weighted by atomic mass is 9.97. The Morgan fingerprint density at radius 2 is 1.67 bits per heavy atom. The molecule has 1 aromatic carbocycles. The highest BCUT2D eigenvalue weighted by molar-refractivity contribution is 5.96. The molecule has 132 valence electrons. The number of carbonyl (C=O) groups is 2. The van der Waals surface area contributed by atoms with Gasteiger partial charge in [0.2, 0.25) is 5.91 Å². The zero-order valence-corrected chi connectivity index (χ0v) is 14.5. The SMILES string of the molecule is CCOc1ccc(C(=O)NCC(=O)NC2CCCCCCC2)cc1. The predicted molar refractivity (Wildman–Crippen MR) is 94.2 cm³/mol. The van der Waals surface area contributed by atoms with Crippen molar-refractivity contribution in [2.45, 2.75) is 57.9 Å². The Morgan fingerprint density at radius 1 is 1.04 bits per heavy atom. The molecule has 1 aliphatic carbocycles. The van der Waals surface area contributed by atoms with E-state index in [1.807, 2.05) is 6.92 Å². The van der Waals surface area contributed by atoms with Gasteiger partial charge in [-0.25, -0.2) is 0 Å². The molecule has 2 rings (SSSR count). The van der Waals surface area contributed by atoms with Crippen molar-refractivity contribution in [3.8, 4) is 5.75 Å². The van der Waals surface area contributed by atoms with E-state index in [9.17, 15) is 9.59 Å². The number of nitrogens with one attached hydrogen (secondary N) is 2. The van der Waals surface area contributed by atoms with Gasteiger partial charge in [-0.15, -0.1) is 0 Å². The average Bonchev–Trinajstić information content (AvgIpc) is 2.56. The maximum atomic E-state index is 12.1. The van der Waals surface area contributed by atoms with Crippen molar-refractivity contribution in [3.63, 3.8) is 0 Å². The first-order valence-electron chi connectivity index (χ1n) is 8.99. The van der Waals surface area contributed by atoms with E-state index in [1.54, 1.807) is 24.3 Å². The monoisotopic (exact) mass is 332 g/mol. The summed E-state index contributed by atoms with van der Waals surface area (Å²) >= 11 is 0. The fourth-order valence-corrected chi connectivity index (χ4v) is 3.01. The Balaban J connectivity index is 1.74. The van der Waals surface area contributed by atoms with Gasteiger partial charge in [0.05, 0.1) is 13.2 Å². The van der Waals surface area contributed by atoms with E-state index in [4.69, 9.17) is 4.74 Å². The van der Waals surface area contributed by atoms with E-state index in [1.165, 1.54) is 32.1 Å². The molecule has 5 heteroatoms. The van der Waals surface area contributed by atoms with Crippen LogP contribution in [0.15, 0.2) is 24.3 Å². The van der Waals surface area contributed by atoms with Crippen molar-refractivity contribution in [2.75, 3.05) is 13.2 Å². The summed E-state index contributed by atoms with van der Waals surface area (Å²) in [5, 5.41) is 5.72. The van der Waals surface area contributed by atoms with Crippen LogP contribution in [0.5, 0.6) is 5.75 Å². The van der Waals surface area contributed by atoms with Gasteiger partial charge in [0.15, 0.2) is 0 Å². The minimum Gasteiger partial charge on any atom is -0.494 e. The molecule has 1 aromatic rings. The molecule has 2 N–H and O–H groups in total. The molecule has 0 aromatic heterocycles. The molecule has 1 fully saturated rings. The minimum atomic E-state index is -0.245. The molecule has 0 spiro atoms. The lowest BCUT2D eigenvalue weighted by Crippen LogP contribution is -2.42. The maximum absolute atomic E-state index is 12.1. The molecule has 2 amide bonds. The van der Waals surface area contributed by atoms with E-state index in [0.717, 1.165) is 18.6 Å². The summed E-state index contributed by atoms with van der Waals surface area (Å²) in [5.74, 6) is 0.377. The Kier molecular flexibility index (Phi) is 7.59. The number of ether oxygens (including phenoxy) is 1.